The molecular weight excluding hydrogens is 558 g/mol. The maximum atomic E-state index is 13.5. The number of urea groups is 1. The van der Waals surface area contributed by atoms with Crippen LogP contribution < -0.4 is 20.3 Å². The first kappa shape index (κ1) is 28.4. The number of hydrogen-bond acceptors (Lipinski definition) is 6. The van der Waals surface area contributed by atoms with Crippen molar-refractivity contribution in [3.63, 3.8) is 0 Å². The van der Waals surface area contributed by atoms with E-state index >= 15 is 0 Å². The van der Waals surface area contributed by atoms with E-state index in [-0.39, 0.29) is 37.4 Å². The first-order valence-corrected chi connectivity index (χ1v) is 14.2. The lowest BCUT2D eigenvalue weighted by Crippen LogP contribution is -2.49. The van der Waals surface area contributed by atoms with Crippen LogP contribution in [0.15, 0.2) is 60.8 Å². The molecule has 212 valence electrons. The quantitative estimate of drug-likeness (QED) is 0.274. The summed E-state index contributed by atoms with van der Waals surface area (Å²) in [6, 6.07) is 16.4. The summed E-state index contributed by atoms with van der Waals surface area (Å²) in [5.41, 5.74) is 2.70. The van der Waals surface area contributed by atoms with E-state index in [1.165, 1.54) is 11.3 Å². The van der Waals surface area contributed by atoms with Gasteiger partial charge in [0, 0.05) is 31.7 Å². The molecule has 11 heteroatoms. The number of carbonyl (C=O) groups is 3. The number of nitrogens with one attached hydrogen (secondary N) is 2. The van der Waals surface area contributed by atoms with Crippen molar-refractivity contribution in [1.29, 1.82) is 0 Å². The number of aryl methyl sites for hydroxylation is 1. The summed E-state index contributed by atoms with van der Waals surface area (Å²) in [5, 5.41) is 6.77. The lowest BCUT2D eigenvalue weighted by atomic mass is 10.0. The van der Waals surface area contributed by atoms with Gasteiger partial charge in [0.05, 0.1) is 22.4 Å². The van der Waals surface area contributed by atoms with E-state index in [2.05, 4.69) is 15.6 Å². The fourth-order valence-corrected chi connectivity index (χ4v) is 6.37. The van der Waals surface area contributed by atoms with Crippen LogP contribution in [0.2, 0.25) is 0 Å². The van der Waals surface area contributed by atoms with Crippen LogP contribution in [0.1, 0.15) is 41.4 Å². The van der Waals surface area contributed by atoms with Gasteiger partial charge in [-0.3, -0.25) is 14.5 Å². The summed E-state index contributed by atoms with van der Waals surface area (Å²) in [6.07, 6.45) is 3.73. The predicted octanol–water partition coefficient (Wildman–Crippen LogP) is 6.32. The molecule has 2 aliphatic heterocycles. The zero-order chi connectivity index (χ0) is 27.8. The van der Waals surface area contributed by atoms with E-state index in [9.17, 15) is 14.4 Å². The fourth-order valence-electron chi connectivity index (χ4n) is 5.35. The molecule has 2 N–H and O–H groups in total. The first-order valence-electron chi connectivity index (χ1n) is 13.4. The third-order valence-electron chi connectivity index (χ3n) is 7.25. The van der Waals surface area contributed by atoms with Crippen molar-refractivity contribution >= 4 is 70.0 Å². The SMILES string of the molecule is CCC(=O)N1CCC[C@H](NC(=O)c2sc3nccc4c3c2NC(=O)N4c2ccc(Oc3ccccc3)cc2C)C1.S. The van der Waals surface area contributed by atoms with Gasteiger partial charge in [-0.1, -0.05) is 25.1 Å². The number of benzene rings is 2. The Morgan fingerprint density at radius 3 is 2.68 bits per heavy atom. The lowest BCUT2D eigenvalue weighted by Gasteiger charge is -2.33. The highest BCUT2D eigenvalue weighted by Crippen LogP contribution is 2.46. The maximum Gasteiger partial charge on any atom is 0.331 e. The number of hydrogen-bond donors (Lipinski definition) is 2. The van der Waals surface area contributed by atoms with Crippen LogP contribution in [0.4, 0.5) is 21.9 Å². The van der Waals surface area contributed by atoms with Gasteiger partial charge in [-0.15, -0.1) is 11.3 Å². The van der Waals surface area contributed by atoms with E-state index < -0.39 is 0 Å². The van der Waals surface area contributed by atoms with Crippen LogP contribution in [-0.2, 0) is 4.79 Å². The highest BCUT2D eigenvalue weighted by molar-refractivity contribution is 7.59. The van der Waals surface area contributed by atoms with Gasteiger partial charge >= 0.3 is 6.03 Å². The maximum absolute atomic E-state index is 13.5. The van der Waals surface area contributed by atoms with Crippen LogP contribution >= 0.6 is 24.8 Å². The molecule has 0 spiro atoms. The topological polar surface area (TPSA) is 104 Å². The van der Waals surface area contributed by atoms with Gasteiger partial charge in [0.25, 0.3) is 5.91 Å². The Balaban J connectivity index is 0.00000337. The van der Waals surface area contributed by atoms with Gasteiger partial charge in [-0.05, 0) is 61.7 Å². The smallest absolute Gasteiger partial charge is 0.331 e. The second-order valence-electron chi connectivity index (χ2n) is 9.95. The minimum Gasteiger partial charge on any atom is -0.457 e. The van der Waals surface area contributed by atoms with E-state index in [0.717, 1.165) is 29.5 Å². The molecule has 2 aromatic carbocycles. The number of para-hydroxylation sites is 1. The standard InChI is InChI=1S/C30H29N5O4S.H2S/c1-3-24(36)34-15-7-8-19(17-34)32-28(37)27-26-25-23(13-14-31-29(25)40-27)35(30(38)33-26)22-12-11-21(16-18(22)2)39-20-9-5-4-6-10-20;/h4-6,9-14,16,19H,3,7-8,15,17H2,1-2H3,(H,32,37)(H,33,38);1H2/t19-;/m0./s1. The molecule has 4 aromatic rings. The molecule has 6 rings (SSSR count). The highest BCUT2D eigenvalue weighted by Gasteiger charge is 2.34. The van der Waals surface area contributed by atoms with Gasteiger partial charge in [-0.2, -0.15) is 13.5 Å². The van der Waals surface area contributed by atoms with E-state index in [1.807, 2.05) is 62.4 Å². The average Bonchev–Trinajstić information content (AvgIpc) is 3.33. The molecule has 4 heterocycles. The molecule has 0 radical (unpaired) electrons. The van der Waals surface area contributed by atoms with Crippen molar-refractivity contribution in [2.45, 2.75) is 39.2 Å². The molecule has 1 atom stereocenters. The van der Waals surface area contributed by atoms with Crippen LogP contribution in [0.25, 0.3) is 10.2 Å². The molecule has 0 unspecified atom stereocenters. The van der Waals surface area contributed by atoms with Gasteiger partial charge in [0.15, 0.2) is 0 Å². The van der Waals surface area contributed by atoms with Crippen molar-refractivity contribution in [2.75, 3.05) is 23.3 Å². The molecule has 0 bridgehead atoms. The number of piperidine rings is 1. The lowest BCUT2D eigenvalue weighted by molar-refractivity contribution is -0.132. The highest BCUT2D eigenvalue weighted by atomic mass is 32.1. The fraction of sp³-hybridized carbons (Fsp3) is 0.267. The number of pyridine rings is 1. The largest absolute Gasteiger partial charge is 0.457 e. The Labute approximate surface area is 249 Å². The number of thiophene rings is 1. The molecule has 41 heavy (non-hydrogen) atoms. The van der Waals surface area contributed by atoms with Gasteiger partial charge < -0.3 is 20.3 Å². The van der Waals surface area contributed by atoms with Crippen molar-refractivity contribution in [3.8, 4) is 11.5 Å². The Hall–Kier alpha value is -4.09. The molecule has 9 nitrogen and oxygen atoms in total. The minimum absolute atomic E-state index is 0. The van der Waals surface area contributed by atoms with E-state index in [0.29, 0.717) is 52.0 Å². The zero-order valence-corrected chi connectivity index (χ0v) is 24.6. The number of carbonyl (C=O) groups excluding carboxylic acids is 3. The molecule has 2 aromatic heterocycles. The number of amides is 4. The van der Waals surface area contributed by atoms with Crippen LogP contribution in [-0.4, -0.2) is 46.9 Å². The van der Waals surface area contributed by atoms with Crippen LogP contribution in [0, 0.1) is 6.92 Å². The van der Waals surface area contributed by atoms with E-state index in [1.54, 1.807) is 22.1 Å². The third-order valence-corrected chi connectivity index (χ3v) is 8.35. The Kier molecular flexibility index (Phi) is 8.18. The summed E-state index contributed by atoms with van der Waals surface area (Å²) < 4.78 is 5.97. The van der Waals surface area contributed by atoms with Crippen molar-refractivity contribution in [3.05, 3.63) is 71.2 Å². The first-order chi connectivity index (χ1) is 19.4. The second kappa shape index (κ2) is 11.8. The van der Waals surface area contributed by atoms with Gasteiger partial charge in [0.1, 0.15) is 21.2 Å². The molecule has 1 saturated heterocycles. The number of anilines is 3. The predicted molar refractivity (Wildman–Crippen MR) is 166 cm³/mol. The van der Waals surface area contributed by atoms with Gasteiger partial charge in [-0.25, -0.2) is 9.78 Å². The molecule has 4 amide bonds. The zero-order valence-electron chi connectivity index (χ0n) is 22.8. The Bertz CT molecular complexity index is 1620. The summed E-state index contributed by atoms with van der Waals surface area (Å²) in [6.45, 7) is 4.98. The van der Waals surface area contributed by atoms with Crippen molar-refractivity contribution in [2.24, 2.45) is 0 Å². The van der Waals surface area contributed by atoms with Crippen LogP contribution in [0.3, 0.4) is 0 Å². The van der Waals surface area contributed by atoms with E-state index in [4.69, 9.17) is 4.74 Å². The van der Waals surface area contributed by atoms with Crippen LogP contribution in [0.5, 0.6) is 11.5 Å². The summed E-state index contributed by atoms with van der Waals surface area (Å²) in [4.78, 5) is 48.1. The average molecular weight is 590 g/mol. The molecule has 0 aliphatic carbocycles. The summed E-state index contributed by atoms with van der Waals surface area (Å²) >= 11 is 1.25. The summed E-state index contributed by atoms with van der Waals surface area (Å²) in [5.74, 6) is 1.22. The molecule has 2 aliphatic rings. The molecule has 0 saturated carbocycles. The van der Waals surface area contributed by atoms with Crippen molar-refractivity contribution < 1.29 is 19.1 Å². The number of rotatable bonds is 6. The second-order valence-corrected chi connectivity index (χ2v) is 11.0. The van der Waals surface area contributed by atoms with Gasteiger partial charge in [0.2, 0.25) is 5.91 Å². The number of nitrogens with zero attached hydrogens (tertiary/aromatic N) is 3. The third kappa shape index (κ3) is 5.47. The number of ether oxygens (including phenoxy) is 1. The Morgan fingerprint density at radius 1 is 1.12 bits per heavy atom. The Morgan fingerprint density at radius 2 is 1.93 bits per heavy atom. The summed E-state index contributed by atoms with van der Waals surface area (Å²) in [7, 11) is 0. The number of likely N-dealkylation sites (tertiary alicyclic amines) is 1. The molecular formula is C30H31N5O4S2. The van der Waals surface area contributed by atoms with Crippen molar-refractivity contribution in [1.82, 2.24) is 15.2 Å². The minimum atomic E-state index is -0.357. The number of aromatic nitrogens is 1. The molecule has 1 fully saturated rings. The normalized spacial score (nSPS) is 16.1. The monoisotopic (exact) mass is 589 g/mol.